The Morgan fingerprint density at radius 2 is 1.74 bits per heavy atom. The van der Waals surface area contributed by atoms with Crippen LogP contribution in [-0.2, 0) is 13.0 Å². The molecule has 140 valence electrons. The molecule has 0 radical (unpaired) electrons. The first kappa shape index (κ1) is 18.3. The smallest absolute Gasteiger partial charge is 0.0525 e. The molecule has 1 N–H and O–H groups in total. The minimum atomic E-state index is 0.598. The Morgan fingerprint density at radius 3 is 2.44 bits per heavy atom. The van der Waals surface area contributed by atoms with Crippen molar-refractivity contribution in [3.05, 3.63) is 83.2 Å². The van der Waals surface area contributed by atoms with Crippen molar-refractivity contribution in [1.82, 2.24) is 15.1 Å². The van der Waals surface area contributed by atoms with Crippen LogP contribution in [0.3, 0.4) is 0 Å². The van der Waals surface area contributed by atoms with Crippen LogP contribution in [0.1, 0.15) is 41.1 Å². The fourth-order valence-corrected chi connectivity index (χ4v) is 4.41. The summed E-state index contributed by atoms with van der Waals surface area (Å²) in [5.74, 6) is 0.598. The third-order valence-corrected chi connectivity index (χ3v) is 6.29. The molecule has 4 heteroatoms. The molecule has 0 saturated carbocycles. The number of piperidine rings is 1. The lowest BCUT2D eigenvalue weighted by molar-refractivity contribution is 0.203. The van der Waals surface area contributed by atoms with Gasteiger partial charge in [-0.05, 0) is 61.0 Å². The highest BCUT2D eigenvalue weighted by molar-refractivity contribution is 7.98. The van der Waals surface area contributed by atoms with Gasteiger partial charge >= 0.3 is 0 Å². The average Bonchev–Trinajstić information content (AvgIpc) is 3.18. The molecule has 1 saturated heterocycles. The molecule has 27 heavy (non-hydrogen) atoms. The summed E-state index contributed by atoms with van der Waals surface area (Å²) in [7, 11) is 0. The Labute approximate surface area is 166 Å². The number of likely N-dealkylation sites (tertiary alicyclic amines) is 1. The lowest BCUT2D eigenvalue weighted by atomic mass is 9.89. The van der Waals surface area contributed by atoms with E-state index in [4.69, 9.17) is 0 Å². The zero-order valence-electron chi connectivity index (χ0n) is 15.9. The molecule has 1 aliphatic heterocycles. The fourth-order valence-electron chi connectivity index (χ4n) is 4.00. The molecule has 4 rings (SSSR count). The first-order valence-electron chi connectivity index (χ1n) is 9.73. The van der Waals surface area contributed by atoms with Gasteiger partial charge in [0.15, 0.2) is 0 Å². The summed E-state index contributed by atoms with van der Waals surface area (Å²) in [5.41, 5.74) is 5.47. The van der Waals surface area contributed by atoms with Crippen LogP contribution in [0, 0.1) is 0 Å². The summed E-state index contributed by atoms with van der Waals surface area (Å²) in [4.78, 5) is 3.92. The number of nitrogens with one attached hydrogen (secondary N) is 1. The van der Waals surface area contributed by atoms with Crippen LogP contribution in [0.4, 0.5) is 0 Å². The number of rotatable bonds is 6. The fraction of sp³-hybridized carbons (Fsp3) is 0.348. The van der Waals surface area contributed by atoms with E-state index in [9.17, 15) is 0 Å². The number of hydrogen-bond acceptors (Lipinski definition) is 3. The van der Waals surface area contributed by atoms with Gasteiger partial charge in [-0.15, -0.1) is 11.8 Å². The lowest BCUT2D eigenvalue weighted by Gasteiger charge is -2.32. The van der Waals surface area contributed by atoms with Crippen molar-refractivity contribution in [3.63, 3.8) is 0 Å². The van der Waals surface area contributed by atoms with Gasteiger partial charge in [-0.25, -0.2) is 0 Å². The summed E-state index contributed by atoms with van der Waals surface area (Å²) in [5, 5.41) is 7.66. The predicted molar refractivity (Wildman–Crippen MR) is 113 cm³/mol. The maximum Gasteiger partial charge on any atom is 0.0525 e. The molecule has 0 atom stereocenters. The maximum absolute atomic E-state index is 4.36. The van der Waals surface area contributed by atoms with Crippen molar-refractivity contribution in [2.45, 2.75) is 36.6 Å². The monoisotopic (exact) mass is 377 g/mol. The number of aromatic amines is 1. The molecule has 0 bridgehead atoms. The van der Waals surface area contributed by atoms with Gasteiger partial charge in [0.05, 0.1) is 6.20 Å². The van der Waals surface area contributed by atoms with Crippen LogP contribution in [0.5, 0.6) is 0 Å². The summed E-state index contributed by atoms with van der Waals surface area (Å²) >= 11 is 1.80. The van der Waals surface area contributed by atoms with Gasteiger partial charge in [0.25, 0.3) is 0 Å². The van der Waals surface area contributed by atoms with Gasteiger partial charge in [-0.1, -0.05) is 42.5 Å². The van der Waals surface area contributed by atoms with Gasteiger partial charge in [0.2, 0.25) is 0 Å². The second-order valence-corrected chi connectivity index (χ2v) is 8.25. The molecule has 0 unspecified atom stereocenters. The largest absolute Gasteiger partial charge is 0.299 e. The first-order valence-corrected chi connectivity index (χ1v) is 11.0. The van der Waals surface area contributed by atoms with E-state index in [1.807, 2.05) is 6.20 Å². The van der Waals surface area contributed by atoms with Crippen molar-refractivity contribution in [3.8, 4) is 0 Å². The van der Waals surface area contributed by atoms with Crippen molar-refractivity contribution in [2.75, 3.05) is 19.3 Å². The SMILES string of the molecule is CSc1ccc(CN2CCC(c3[nH]ncc3Cc3ccccc3)CC2)cc1. The zero-order valence-corrected chi connectivity index (χ0v) is 16.7. The van der Waals surface area contributed by atoms with Gasteiger partial charge in [0.1, 0.15) is 0 Å². The molecular formula is C23H27N3S. The quantitative estimate of drug-likeness (QED) is 0.606. The molecule has 2 heterocycles. The number of H-pyrrole nitrogens is 1. The van der Waals surface area contributed by atoms with Crippen molar-refractivity contribution >= 4 is 11.8 Å². The van der Waals surface area contributed by atoms with Crippen LogP contribution < -0.4 is 0 Å². The normalized spacial score (nSPS) is 15.9. The van der Waals surface area contributed by atoms with Gasteiger partial charge in [-0.3, -0.25) is 10.00 Å². The Morgan fingerprint density at radius 1 is 1.00 bits per heavy atom. The Kier molecular flexibility index (Phi) is 5.95. The topological polar surface area (TPSA) is 31.9 Å². The van der Waals surface area contributed by atoms with Crippen molar-refractivity contribution in [1.29, 1.82) is 0 Å². The average molecular weight is 378 g/mol. The van der Waals surface area contributed by atoms with E-state index in [1.54, 1.807) is 11.8 Å². The minimum Gasteiger partial charge on any atom is -0.299 e. The van der Waals surface area contributed by atoms with E-state index in [-0.39, 0.29) is 0 Å². The van der Waals surface area contributed by atoms with Crippen molar-refractivity contribution < 1.29 is 0 Å². The molecule has 3 aromatic rings. The summed E-state index contributed by atoms with van der Waals surface area (Å²) in [6.45, 7) is 3.36. The Balaban J connectivity index is 1.35. The highest BCUT2D eigenvalue weighted by atomic mass is 32.2. The summed E-state index contributed by atoms with van der Waals surface area (Å²) in [6, 6.07) is 19.7. The van der Waals surface area contributed by atoms with E-state index in [0.29, 0.717) is 5.92 Å². The first-order chi connectivity index (χ1) is 13.3. The standard InChI is InChI=1S/C23H27N3S/c1-27-22-9-7-19(8-10-22)17-26-13-11-20(12-14-26)23-21(16-24-25-23)15-18-5-3-2-4-6-18/h2-10,16,20H,11-15,17H2,1H3,(H,24,25). The van der Waals surface area contributed by atoms with E-state index in [0.717, 1.165) is 26.1 Å². The van der Waals surface area contributed by atoms with Crippen LogP contribution in [-0.4, -0.2) is 34.4 Å². The van der Waals surface area contributed by atoms with E-state index >= 15 is 0 Å². The zero-order chi connectivity index (χ0) is 18.5. The molecular weight excluding hydrogens is 350 g/mol. The van der Waals surface area contributed by atoms with Crippen LogP contribution in [0.15, 0.2) is 65.7 Å². The van der Waals surface area contributed by atoms with E-state index in [1.165, 1.54) is 40.1 Å². The lowest BCUT2D eigenvalue weighted by Crippen LogP contribution is -2.32. The molecule has 0 aliphatic carbocycles. The van der Waals surface area contributed by atoms with E-state index < -0.39 is 0 Å². The molecule has 2 aromatic carbocycles. The number of hydrogen-bond donors (Lipinski definition) is 1. The van der Waals surface area contributed by atoms with Gasteiger partial charge in [0, 0.05) is 29.5 Å². The Hall–Kier alpha value is -2.04. The van der Waals surface area contributed by atoms with Gasteiger partial charge < -0.3 is 0 Å². The summed E-state index contributed by atoms with van der Waals surface area (Å²) < 4.78 is 0. The number of benzene rings is 2. The molecule has 1 aromatic heterocycles. The molecule has 0 amide bonds. The minimum absolute atomic E-state index is 0.598. The number of nitrogens with zero attached hydrogens (tertiary/aromatic N) is 2. The van der Waals surface area contributed by atoms with Crippen LogP contribution in [0.2, 0.25) is 0 Å². The molecule has 1 aliphatic rings. The second-order valence-electron chi connectivity index (χ2n) is 7.37. The molecule has 1 fully saturated rings. The highest BCUT2D eigenvalue weighted by Gasteiger charge is 2.24. The molecule has 3 nitrogen and oxygen atoms in total. The summed E-state index contributed by atoms with van der Waals surface area (Å²) in [6.07, 6.45) is 7.51. The van der Waals surface area contributed by atoms with Crippen molar-refractivity contribution in [2.24, 2.45) is 0 Å². The third kappa shape index (κ3) is 4.63. The molecule has 0 spiro atoms. The van der Waals surface area contributed by atoms with Gasteiger partial charge in [-0.2, -0.15) is 5.10 Å². The van der Waals surface area contributed by atoms with Crippen LogP contribution >= 0.6 is 11.8 Å². The second kappa shape index (κ2) is 8.77. The van der Waals surface area contributed by atoms with E-state index in [2.05, 4.69) is 76.0 Å². The number of thioether (sulfide) groups is 1. The third-order valence-electron chi connectivity index (χ3n) is 5.55. The maximum atomic E-state index is 4.36. The Bertz CT molecular complexity index is 834. The highest BCUT2D eigenvalue weighted by Crippen LogP contribution is 2.30. The van der Waals surface area contributed by atoms with Crippen LogP contribution in [0.25, 0.3) is 0 Å². The number of aromatic nitrogens is 2. The predicted octanol–water partition coefficient (Wildman–Crippen LogP) is 5.10.